The number of anilines is 1. The van der Waals surface area contributed by atoms with Crippen LogP contribution in [-0.4, -0.2) is 46.1 Å². The Hall–Kier alpha value is -2.51. The number of carbonyl (C=O) groups excluding carboxylic acids is 1. The highest BCUT2D eigenvalue weighted by atomic mass is 32.1. The standard InChI is InChI=1S/C22H25FN4OS/c1-16-3-2-4-19(13-16)25-21(29)26-11-9-22(10-12-26)24-14-20(28)27(22)15-17-5-7-18(23)8-6-17/h2-8,13,24H,9-12,14-15H2,1H3,(H,25,29). The Morgan fingerprint density at radius 2 is 1.93 bits per heavy atom. The summed E-state index contributed by atoms with van der Waals surface area (Å²) in [4.78, 5) is 16.6. The van der Waals surface area contributed by atoms with Crippen LogP contribution in [0.25, 0.3) is 0 Å². The molecule has 1 amide bonds. The third kappa shape index (κ3) is 4.26. The fourth-order valence-electron chi connectivity index (χ4n) is 4.13. The van der Waals surface area contributed by atoms with E-state index in [0.717, 1.165) is 37.2 Å². The number of piperidine rings is 1. The molecule has 2 aromatic carbocycles. The number of thiocarbonyl (C=S) groups is 1. The van der Waals surface area contributed by atoms with Gasteiger partial charge in [0.1, 0.15) is 5.82 Å². The summed E-state index contributed by atoms with van der Waals surface area (Å²) < 4.78 is 13.2. The molecule has 2 aliphatic heterocycles. The molecule has 2 fully saturated rings. The SMILES string of the molecule is Cc1cccc(NC(=S)N2CCC3(CC2)NCC(=O)N3Cc2ccc(F)cc2)c1. The number of nitrogens with zero attached hydrogens (tertiary/aromatic N) is 2. The van der Waals surface area contributed by atoms with Crippen molar-refractivity contribution in [2.24, 2.45) is 0 Å². The van der Waals surface area contributed by atoms with Crippen molar-refractivity contribution in [1.82, 2.24) is 15.1 Å². The van der Waals surface area contributed by atoms with Crippen LogP contribution >= 0.6 is 12.2 Å². The van der Waals surface area contributed by atoms with Crippen LogP contribution in [0, 0.1) is 12.7 Å². The molecule has 2 saturated heterocycles. The summed E-state index contributed by atoms with van der Waals surface area (Å²) in [5, 5.41) is 7.46. The van der Waals surface area contributed by atoms with Crippen LogP contribution in [0.5, 0.6) is 0 Å². The van der Waals surface area contributed by atoms with Crippen molar-refractivity contribution < 1.29 is 9.18 Å². The van der Waals surface area contributed by atoms with Crippen LogP contribution in [0.3, 0.4) is 0 Å². The summed E-state index contributed by atoms with van der Waals surface area (Å²) in [5.41, 5.74) is 2.74. The third-order valence-electron chi connectivity index (χ3n) is 5.79. The number of aryl methyl sites for hydroxylation is 1. The van der Waals surface area contributed by atoms with Gasteiger partial charge in [-0.1, -0.05) is 24.3 Å². The maximum absolute atomic E-state index is 13.2. The van der Waals surface area contributed by atoms with E-state index in [2.05, 4.69) is 34.6 Å². The smallest absolute Gasteiger partial charge is 0.238 e. The van der Waals surface area contributed by atoms with Gasteiger partial charge in [0, 0.05) is 38.2 Å². The monoisotopic (exact) mass is 412 g/mol. The fraction of sp³-hybridized carbons (Fsp3) is 0.364. The second-order valence-electron chi connectivity index (χ2n) is 7.78. The highest BCUT2D eigenvalue weighted by Gasteiger charge is 2.46. The van der Waals surface area contributed by atoms with Crippen LogP contribution in [0.2, 0.25) is 0 Å². The summed E-state index contributed by atoms with van der Waals surface area (Å²) in [7, 11) is 0. The molecule has 0 atom stereocenters. The Labute approximate surface area is 175 Å². The van der Waals surface area contributed by atoms with E-state index in [4.69, 9.17) is 12.2 Å². The van der Waals surface area contributed by atoms with Gasteiger partial charge in [0.15, 0.2) is 5.11 Å². The highest BCUT2D eigenvalue weighted by Crippen LogP contribution is 2.32. The summed E-state index contributed by atoms with van der Waals surface area (Å²) >= 11 is 5.61. The van der Waals surface area contributed by atoms with Gasteiger partial charge < -0.3 is 15.1 Å². The van der Waals surface area contributed by atoms with Crippen LogP contribution in [0.1, 0.15) is 24.0 Å². The van der Waals surface area contributed by atoms with Crippen molar-refractivity contribution in [3.05, 3.63) is 65.5 Å². The van der Waals surface area contributed by atoms with Crippen LogP contribution in [0.15, 0.2) is 48.5 Å². The Morgan fingerprint density at radius 1 is 1.21 bits per heavy atom. The van der Waals surface area contributed by atoms with E-state index in [1.54, 1.807) is 12.1 Å². The molecule has 0 radical (unpaired) electrons. The minimum Gasteiger partial charge on any atom is -0.349 e. The van der Waals surface area contributed by atoms with Crippen molar-refractivity contribution in [3.63, 3.8) is 0 Å². The van der Waals surface area contributed by atoms with Gasteiger partial charge in [-0.3, -0.25) is 10.1 Å². The first-order valence-corrected chi connectivity index (χ1v) is 10.3. The molecular weight excluding hydrogens is 387 g/mol. The number of hydrogen-bond acceptors (Lipinski definition) is 3. The molecule has 0 unspecified atom stereocenters. The second-order valence-corrected chi connectivity index (χ2v) is 8.16. The lowest BCUT2D eigenvalue weighted by Crippen LogP contribution is -2.59. The van der Waals surface area contributed by atoms with Crippen molar-refractivity contribution in [2.75, 3.05) is 25.0 Å². The average molecular weight is 413 g/mol. The first kappa shape index (κ1) is 19.8. The topological polar surface area (TPSA) is 47.6 Å². The van der Waals surface area contributed by atoms with Gasteiger partial charge in [0.25, 0.3) is 0 Å². The number of carbonyl (C=O) groups is 1. The van der Waals surface area contributed by atoms with E-state index in [9.17, 15) is 9.18 Å². The number of amides is 1. The zero-order valence-electron chi connectivity index (χ0n) is 16.5. The van der Waals surface area contributed by atoms with E-state index < -0.39 is 0 Å². The molecule has 5 nitrogen and oxygen atoms in total. The molecule has 2 heterocycles. The molecule has 7 heteroatoms. The highest BCUT2D eigenvalue weighted by molar-refractivity contribution is 7.80. The molecular formula is C22H25FN4OS. The van der Waals surface area contributed by atoms with E-state index in [-0.39, 0.29) is 17.4 Å². The third-order valence-corrected chi connectivity index (χ3v) is 6.15. The predicted octanol–water partition coefficient (Wildman–Crippen LogP) is 3.26. The molecule has 4 rings (SSSR count). The Bertz CT molecular complexity index is 909. The Morgan fingerprint density at radius 3 is 2.62 bits per heavy atom. The molecule has 0 bridgehead atoms. The first-order valence-electron chi connectivity index (χ1n) is 9.88. The fourth-order valence-corrected chi connectivity index (χ4v) is 4.43. The zero-order chi connectivity index (χ0) is 20.4. The van der Waals surface area contributed by atoms with Crippen molar-refractivity contribution >= 4 is 28.9 Å². The van der Waals surface area contributed by atoms with Gasteiger partial charge in [-0.05, 0) is 54.5 Å². The second kappa shape index (κ2) is 8.08. The van der Waals surface area contributed by atoms with Crippen LogP contribution in [0.4, 0.5) is 10.1 Å². The number of likely N-dealkylation sites (tertiary alicyclic amines) is 1. The maximum atomic E-state index is 13.2. The zero-order valence-corrected chi connectivity index (χ0v) is 17.3. The Balaban J connectivity index is 1.40. The molecule has 1 spiro atoms. The summed E-state index contributed by atoms with van der Waals surface area (Å²) in [6, 6.07) is 14.5. The average Bonchev–Trinajstić information content (AvgIpc) is 3.00. The molecule has 0 saturated carbocycles. The minimum absolute atomic E-state index is 0.0863. The number of nitrogens with one attached hydrogen (secondary N) is 2. The summed E-state index contributed by atoms with van der Waals surface area (Å²) in [6.45, 7) is 4.40. The number of rotatable bonds is 3. The first-order chi connectivity index (χ1) is 13.9. The number of hydrogen-bond donors (Lipinski definition) is 2. The molecule has 0 aromatic heterocycles. The van der Waals surface area contributed by atoms with Crippen LogP contribution < -0.4 is 10.6 Å². The quantitative estimate of drug-likeness (QED) is 0.758. The van der Waals surface area contributed by atoms with E-state index in [1.807, 2.05) is 17.0 Å². The predicted molar refractivity (Wildman–Crippen MR) is 116 cm³/mol. The lowest BCUT2D eigenvalue weighted by molar-refractivity contribution is -0.132. The minimum atomic E-state index is -0.360. The van der Waals surface area contributed by atoms with Gasteiger partial charge in [-0.15, -0.1) is 0 Å². The molecule has 0 aliphatic carbocycles. The summed E-state index contributed by atoms with van der Waals surface area (Å²) in [6.07, 6.45) is 1.57. The molecule has 2 N–H and O–H groups in total. The lowest BCUT2D eigenvalue weighted by Gasteiger charge is -2.45. The van der Waals surface area contributed by atoms with Gasteiger partial charge in [-0.25, -0.2) is 4.39 Å². The molecule has 29 heavy (non-hydrogen) atoms. The molecule has 152 valence electrons. The Kier molecular flexibility index (Phi) is 5.52. The number of benzene rings is 2. The normalized spacial score (nSPS) is 18.3. The summed E-state index contributed by atoms with van der Waals surface area (Å²) in [5.74, 6) is -0.180. The maximum Gasteiger partial charge on any atom is 0.238 e. The van der Waals surface area contributed by atoms with Gasteiger partial charge in [0.2, 0.25) is 5.91 Å². The lowest BCUT2D eigenvalue weighted by atomic mass is 9.95. The van der Waals surface area contributed by atoms with Crippen LogP contribution in [-0.2, 0) is 11.3 Å². The van der Waals surface area contributed by atoms with Gasteiger partial charge >= 0.3 is 0 Å². The van der Waals surface area contributed by atoms with E-state index in [0.29, 0.717) is 18.2 Å². The van der Waals surface area contributed by atoms with Crippen molar-refractivity contribution in [1.29, 1.82) is 0 Å². The van der Waals surface area contributed by atoms with E-state index >= 15 is 0 Å². The van der Waals surface area contributed by atoms with Gasteiger partial charge in [-0.2, -0.15) is 0 Å². The van der Waals surface area contributed by atoms with Crippen molar-refractivity contribution in [2.45, 2.75) is 32.0 Å². The molecule has 2 aliphatic rings. The number of halogens is 1. The van der Waals surface area contributed by atoms with E-state index in [1.165, 1.54) is 17.7 Å². The molecule has 2 aromatic rings. The van der Waals surface area contributed by atoms with Crippen molar-refractivity contribution in [3.8, 4) is 0 Å². The van der Waals surface area contributed by atoms with Gasteiger partial charge in [0.05, 0.1) is 12.2 Å². The largest absolute Gasteiger partial charge is 0.349 e.